The molecule has 0 bridgehead atoms. The molecule has 0 unspecified atom stereocenters. The van der Waals surface area contributed by atoms with Gasteiger partial charge in [0.2, 0.25) is 5.88 Å². The van der Waals surface area contributed by atoms with Gasteiger partial charge in [-0.15, -0.1) is 0 Å². The number of pyridine rings is 1. The molecule has 0 spiro atoms. The Morgan fingerprint density at radius 3 is 2.72 bits per heavy atom. The van der Waals surface area contributed by atoms with E-state index in [-0.39, 0.29) is 17.3 Å². The van der Waals surface area contributed by atoms with Gasteiger partial charge in [-0.3, -0.25) is 9.78 Å². The van der Waals surface area contributed by atoms with Crippen molar-refractivity contribution in [3.63, 3.8) is 0 Å². The number of H-pyrrole nitrogens is 1. The zero-order chi connectivity index (χ0) is 13.1. The van der Waals surface area contributed by atoms with E-state index in [1.54, 1.807) is 12.3 Å². The fourth-order valence-electron chi connectivity index (χ4n) is 1.69. The Balaban J connectivity index is 2.48. The molecule has 2 rings (SSSR count). The largest absolute Gasteiger partial charge is 0.493 e. The van der Waals surface area contributed by atoms with E-state index in [0.29, 0.717) is 17.7 Å². The molecule has 0 amide bonds. The van der Waals surface area contributed by atoms with Gasteiger partial charge in [0.1, 0.15) is 5.69 Å². The third kappa shape index (κ3) is 2.40. The van der Waals surface area contributed by atoms with E-state index < -0.39 is 0 Å². The lowest BCUT2D eigenvalue weighted by molar-refractivity contribution is 0.443. The minimum Gasteiger partial charge on any atom is -0.493 e. The van der Waals surface area contributed by atoms with Crippen molar-refractivity contribution in [1.29, 1.82) is 0 Å². The zero-order valence-electron chi connectivity index (χ0n) is 10.4. The van der Waals surface area contributed by atoms with Crippen LogP contribution in [0.3, 0.4) is 0 Å². The first-order valence-electron chi connectivity index (χ1n) is 5.87. The molecule has 0 aliphatic heterocycles. The van der Waals surface area contributed by atoms with Crippen molar-refractivity contribution < 1.29 is 5.11 Å². The molecule has 2 aromatic rings. The highest BCUT2D eigenvalue weighted by atomic mass is 16.3. The van der Waals surface area contributed by atoms with E-state index in [1.807, 2.05) is 19.9 Å². The first-order valence-corrected chi connectivity index (χ1v) is 5.87. The summed E-state index contributed by atoms with van der Waals surface area (Å²) in [4.78, 5) is 22.6. The molecule has 2 N–H and O–H groups in total. The average Bonchev–Trinajstić information content (AvgIpc) is 2.34. The number of nitrogens with one attached hydrogen (secondary N) is 1. The van der Waals surface area contributed by atoms with Crippen LogP contribution in [0.15, 0.2) is 23.1 Å². The van der Waals surface area contributed by atoms with Gasteiger partial charge in [0.05, 0.1) is 5.56 Å². The number of aryl methyl sites for hydroxylation is 1. The Morgan fingerprint density at radius 1 is 1.39 bits per heavy atom. The maximum atomic E-state index is 11.8. The van der Waals surface area contributed by atoms with Crippen LogP contribution in [0.4, 0.5) is 0 Å². The first kappa shape index (κ1) is 12.3. The highest BCUT2D eigenvalue weighted by molar-refractivity contribution is 5.50. The van der Waals surface area contributed by atoms with Crippen molar-refractivity contribution in [2.75, 3.05) is 0 Å². The summed E-state index contributed by atoms with van der Waals surface area (Å²) in [6.45, 7) is 3.86. The van der Waals surface area contributed by atoms with E-state index in [2.05, 4.69) is 15.0 Å². The van der Waals surface area contributed by atoms with Gasteiger partial charge < -0.3 is 10.1 Å². The highest BCUT2D eigenvalue weighted by Gasteiger charge is 2.11. The molecule has 0 saturated carbocycles. The number of aromatic amines is 1. The summed E-state index contributed by atoms with van der Waals surface area (Å²) < 4.78 is 0. The summed E-state index contributed by atoms with van der Waals surface area (Å²) in [6, 6.07) is 3.63. The lowest BCUT2D eigenvalue weighted by Gasteiger charge is -2.04. The molecule has 5 nitrogen and oxygen atoms in total. The lowest BCUT2D eigenvalue weighted by atomic mass is 10.2. The molecule has 18 heavy (non-hydrogen) atoms. The van der Waals surface area contributed by atoms with Crippen LogP contribution in [-0.2, 0) is 6.42 Å². The van der Waals surface area contributed by atoms with Gasteiger partial charge in [-0.2, -0.15) is 4.98 Å². The quantitative estimate of drug-likeness (QED) is 0.864. The second kappa shape index (κ2) is 5.00. The van der Waals surface area contributed by atoms with Crippen LogP contribution in [0.1, 0.15) is 24.5 Å². The number of hydrogen-bond donors (Lipinski definition) is 2. The standard InChI is InChI=1S/C13H15N3O2/c1-3-4-9-12(17)15-11(16-13(9)18)10-6-5-8(2)7-14-10/h5-7H,3-4H2,1-2H3,(H2,15,16,17,18). The normalized spacial score (nSPS) is 10.6. The zero-order valence-corrected chi connectivity index (χ0v) is 10.4. The van der Waals surface area contributed by atoms with Crippen molar-refractivity contribution >= 4 is 0 Å². The van der Waals surface area contributed by atoms with Crippen molar-refractivity contribution in [3.8, 4) is 17.4 Å². The summed E-state index contributed by atoms with van der Waals surface area (Å²) in [6.07, 6.45) is 2.97. The molecule has 0 aliphatic rings. The van der Waals surface area contributed by atoms with E-state index in [1.165, 1.54) is 0 Å². The minimum absolute atomic E-state index is 0.210. The predicted molar refractivity (Wildman–Crippen MR) is 68.5 cm³/mol. The smallest absolute Gasteiger partial charge is 0.258 e. The Hall–Kier alpha value is -2.17. The van der Waals surface area contributed by atoms with Crippen LogP contribution < -0.4 is 5.56 Å². The van der Waals surface area contributed by atoms with E-state index in [0.717, 1.165) is 12.0 Å². The number of aromatic hydroxyl groups is 1. The summed E-state index contributed by atoms with van der Waals surface area (Å²) in [7, 11) is 0. The molecule has 0 aromatic carbocycles. The first-order chi connectivity index (χ1) is 8.61. The van der Waals surface area contributed by atoms with Gasteiger partial charge in [0, 0.05) is 6.20 Å². The molecule has 0 aliphatic carbocycles. The summed E-state index contributed by atoms with van der Waals surface area (Å²) >= 11 is 0. The van der Waals surface area contributed by atoms with Crippen molar-refractivity contribution in [2.24, 2.45) is 0 Å². The molecule has 94 valence electrons. The molecule has 0 fully saturated rings. The van der Waals surface area contributed by atoms with Gasteiger partial charge in [0.15, 0.2) is 5.82 Å². The SMILES string of the molecule is CCCc1c(O)nc(-c2ccc(C)cn2)[nH]c1=O. The van der Waals surface area contributed by atoms with Crippen LogP contribution in [-0.4, -0.2) is 20.1 Å². The summed E-state index contributed by atoms with van der Waals surface area (Å²) in [5.74, 6) is 0.0790. The van der Waals surface area contributed by atoms with Crippen molar-refractivity contribution in [2.45, 2.75) is 26.7 Å². The molecule has 0 saturated heterocycles. The van der Waals surface area contributed by atoms with E-state index in [9.17, 15) is 9.90 Å². The fourth-order valence-corrected chi connectivity index (χ4v) is 1.69. The number of aromatic nitrogens is 3. The molecule has 0 radical (unpaired) electrons. The minimum atomic E-state index is -0.304. The van der Waals surface area contributed by atoms with Gasteiger partial charge in [-0.05, 0) is 25.0 Å². The Labute approximate surface area is 105 Å². The Morgan fingerprint density at radius 2 is 2.17 bits per heavy atom. The van der Waals surface area contributed by atoms with Crippen LogP contribution >= 0.6 is 0 Å². The van der Waals surface area contributed by atoms with Crippen molar-refractivity contribution in [3.05, 3.63) is 39.8 Å². The lowest BCUT2D eigenvalue weighted by Crippen LogP contribution is -2.15. The average molecular weight is 245 g/mol. The Bertz CT molecular complexity index is 603. The Kier molecular flexibility index (Phi) is 3.41. The predicted octanol–water partition coefficient (Wildman–Crippen LogP) is 1.80. The highest BCUT2D eigenvalue weighted by Crippen LogP contribution is 2.16. The number of rotatable bonds is 3. The topological polar surface area (TPSA) is 78.9 Å². The second-order valence-corrected chi connectivity index (χ2v) is 4.19. The van der Waals surface area contributed by atoms with Crippen LogP contribution in [0.2, 0.25) is 0 Å². The molecular formula is C13H15N3O2. The maximum Gasteiger partial charge on any atom is 0.258 e. The van der Waals surface area contributed by atoms with Crippen molar-refractivity contribution in [1.82, 2.24) is 15.0 Å². The molecule has 0 atom stereocenters. The number of nitrogens with zero attached hydrogens (tertiary/aromatic N) is 2. The van der Waals surface area contributed by atoms with E-state index >= 15 is 0 Å². The van der Waals surface area contributed by atoms with Crippen LogP contribution in [0.5, 0.6) is 5.88 Å². The number of hydrogen-bond acceptors (Lipinski definition) is 4. The van der Waals surface area contributed by atoms with Crippen LogP contribution in [0.25, 0.3) is 11.5 Å². The third-order valence-electron chi connectivity index (χ3n) is 2.65. The van der Waals surface area contributed by atoms with Gasteiger partial charge in [-0.1, -0.05) is 19.4 Å². The fraction of sp³-hybridized carbons (Fsp3) is 0.308. The second-order valence-electron chi connectivity index (χ2n) is 4.19. The van der Waals surface area contributed by atoms with E-state index in [4.69, 9.17) is 0 Å². The monoisotopic (exact) mass is 245 g/mol. The molecule has 5 heteroatoms. The molecule has 2 aromatic heterocycles. The third-order valence-corrected chi connectivity index (χ3v) is 2.65. The van der Waals surface area contributed by atoms with Crippen LogP contribution in [0, 0.1) is 6.92 Å². The molecule has 2 heterocycles. The van der Waals surface area contributed by atoms with Gasteiger partial charge >= 0.3 is 0 Å². The van der Waals surface area contributed by atoms with Gasteiger partial charge in [-0.25, -0.2) is 0 Å². The van der Waals surface area contributed by atoms with Gasteiger partial charge in [0.25, 0.3) is 5.56 Å². The summed E-state index contributed by atoms with van der Waals surface area (Å²) in [5.41, 5.74) is 1.58. The molecular weight excluding hydrogens is 230 g/mol. The maximum absolute atomic E-state index is 11.8. The summed E-state index contributed by atoms with van der Waals surface area (Å²) in [5, 5.41) is 9.76.